The minimum absolute atomic E-state index is 0.00171. The number of rotatable bonds is 3. The fourth-order valence-corrected chi connectivity index (χ4v) is 3.54. The van der Waals surface area contributed by atoms with Crippen molar-refractivity contribution in [3.8, 4) is 6.07 Å². The van der Waals surface area contributed by atoms with Crippen LogP contribution in [0.5, 0.6) is 0 Å². The molecule has 0 spiro atoms. The van der Waals surface area contributed by atoms with E-state index in [-0.39, 0.29) is 15.5 Å². The summed E-state index contributed by atoms with van der Waals surface area (Å²) in [6.07, 6.45) is 0. The third-order valence-corrected chi connectivity index (χ3v) is 5.05. The first-order valence-electron chi connectivity index (χ1n) is 4.99. The molecule has 98 valence electrons. The Hall–Kier alpha value is -2.11. The fraction of sp³-hybridized carbons (Fsp3) is 0. The maximum absolute atomic E-state index is 13.4. The van der Waals surface area contributed by atoms with E-state index >= 15 is 0 Å². The number of nitrogens with two attached hydrogens (primary N) is 1. The van der Waals surface area contributed by atoms with Crippen LogP contribution in [-0.4, -0.2) is 8.42 Å². The molecule has 2 aromatic rings. The van der Waals surface area contributed by atoms with Crippen LogP contribution in [0.25, 0.3) is 0 Å². The third-order valence-electron chi connectivity index (χ3n) is 2.23. The number of benzene rings is 1. The lowest BCUT2D eigenvalue weighted by atomic mass is 10.2. The zero-order valence-electron chi connectivity index (χ0n) is 9.42. The predicted molar refractivity (Wildman–Crippen MR) is 70.7 cm³/mol. The van der Waals surface area contributed by atoms with Crippen LogP contribution in [0.15, 0.2) is 33.9 Å². The van der Waals surface area contributed by atoms with Crippen LogP contribution in [0.1, 0.15) is 5.56 Å². The Labute approximate surface area is 113 Å². The summed E-state index contributed by atoms with van der Waals surface area (Å²) in [4.78, 5) is 0. The standard InChI is InChI=1S/C11H8FN3O2S2/c12-9-2-1-3-10(8(9)5-13)15-19(16,17)11-4-7(14)6-18-11/h1-4,6,15H,14H2. The van der Waals surface area contributed by atoms with E-state index in [1.165, 1.54) is 23.6 Å². The quantitative estimate of drug-likeness (QED) is 0.907. The molecule has 0 amide bonds. The number of nitrogens with zero attached hydrogens (tertiary/aromatic N) is 1. The van der Waals surface area contributed by atoms with Crippen molar-refractivity contribution < 1.29 is 12.8 Å². The van der Waals surface area contributed by atoms with Gasteiger partial charge >= 0.3 is 0 Å². The number of anilines is 2. The van der Waals surface area contributed by atoms with Crippen LogP contribution in [0.3, 0.4) is 0 Å². The Kier molecular flexibility index (Phi) is 3.42. The van der Waals surface area contributed by atoms with Crippen LogP contribution in [-0.2, 0) is 10.0 Å². The first-order chi connectivity index (χ1) is 8.94. The predicted octanol–water partition coefficient (Wildman–Crippen LogP) is 2.14. The molecule has 2 rings (SSSR count). The minimum Gasteiger partial charge on any atom is -0.398 e. The van der Waals surface area contributed by atoms with Crippen LogP contribution < -0.4 is 10.5 Å². The number of nitrogen functional groups attached to an aromatic ring is 1. The average molecular weight is 297 g/mol. The van der Waals surface area contributed by atoms with Gasteiger partial charge in [-0.2, -0.15) is 5.26 Å². The molecule has 0 saturated carbocycles. The Morgan fingerprint density at radius 1 is 1.42 bits per heavy atom. The zero-order chi connectivity index (χ0) is 14.0. The smallest absolute Gasteiger partial charge is 0.271 e. The molecular weight excluding hydrogens is 289 g/mol. The average Bonchev–Trinajstić information content (AvgIpc) is 2.76. The second-order valence-electron chi connectivity index (χ2n) is 3.58. The van der Waals surface area contributed by atoms with Crippen LogP contribution in [0.2, 0.25) is 0 Å². The second kappa shape index (κ2) is 4.87. The van der Waals surface area contributed by atoms with Gasteiger partial charge in [-0.05, 0) is 18.2 Å². The monoisotopic (exact) mass is 297 g/mol. The van der Waals surface area contributed by atoms with Crippen molar-refractivity contribution in [1.29, 1.82) is 5.26 Å². The van der Waals surface area contributed by atoms with Crippen molar-refractivity contribution >= 4 is 32.7 Å². The van der Waals surface area contributed by atoms with E-state index in [1.807, 2.05) is 0 Å². The number of hydrogen-bond donors (Lipinski definition) is 2. The van der Waals surface area contributed by atoms with Gasteiger partial charge in [-0.15, -0.1) is 11.3 Å². The normalized spacial score (nSPS) is 10.9. The van der Waals surface area contributed by atoms with E-state index in [2.05, 4.69) is 4.72 Å². The van der Waals surface area contributed by atoms with E-state index in [0.717, 1.165) is 17.4 Å². The second-order valence-corrected chi connectivity index (χ2v) is 6.40. The van der Waals surface area contributed by atoms with E-state index in [4.69, 9.17) is 11.0 Å². The lowest BCUT2D eigenvalue weighted by molar-refractivity contribution is 0.603. The molecule has 0 fully saturated rings. The number of nitriles is 1. The molecule has 0 aliphatic carbocycles. The Morgan fingerprint density at radius 3 is 2.74 bits per heavy atom. The van der Waals surface area contributed by atoms with Gasteiger partial charge in [0, 0.05) is 11.1 Å². The largest absolute Gasteiger partial charge is 0.398 e. The number of thiophene rings is 1. The van der Waals surface area contributed by atoms with Crippen LogP contribution >= 0.6 is 11.3 Å². The molecule has 0 atom stereocenters. The molecule has 0 unspecified atom stereocenters. The molecule has 5 nitrogen and oxygen atoms in total. The molecule has 8 heteroatoms. The molecule has 0 aliphatic rings. The highest BCUT2D eigenvalue weighted by atomic mass is 32.2. The fourth-order valence-electron chi connectivity index (χ4n) is 1.39. The van der Waals surface area contributed by atoms with Gasteiger partial charge in [-0.1, -0.05) is 6.07 Å². The summed E-state index contributed by atoms with van der Waals surface area (Å²) >= 11 is 0.941. The van der Waals surface area contributed by atoms with Gasteiger partial charge in [0.1, 0.15) is 21.7 Å². The first-order valence-corrected chi connectivity index (χ1v) is 7.36. The first kappa shape index (κ1) is 13.3. The topological polar surface area (TPSA) is 96.0 Å². The molecule has 0 aliphatic heterocycles. The van der Waals surface area contributed by atoms with Gasteiger partial charge in [0.25, 0.3) is 10.0 Å². The summed E-state index contributed by atoms with van der Waals surface area (Å²) in [5.74, 6) is -0.784. The van der Waals surface area contributed by atoms with Crippen molar-refractivity contribution in [2.45, 2.75) is 4.21 Å². The summed E-state index contributed by atoms with van der Waals surface area (Å²) in [6, 6.07) is 6.62. The number of hydrogen-bond acceptors (Lipinski definition) is 5. The number of sulfonamides is 1. The van der Waals surface area contributed by atoms with Gasteiger partial charge in [-0.25, -0.2) is 12.8 Å². The van der Waals surface area contributed by atoms with Crippen LogP contribution in [0, 0.1) is 17.1 Å². The van der Waals surface area contributed by atoms with Crippen molar-refractivity contribution in [2.24, 2.45) is 0 Å². The molecule has 19 heavy (non-hydrogen) atoms. The molecule has 0 radical (unpaired) electrons. The van der Waals surface area contributed by atoms with Gasteiger partial charge in [0.15, 0.2) is 0 Å². The molecular formula is C11H8FN3O2S2. The molecule has 1 aromatic heterocycles. The zero-order valence-corrected chi connectivity index (χ0v) is 11.1. The van der Waals surface area contributed by atoms with Crippen LogP contribution in [0.4, 0.5) is 15.8 Å². The summed E-state index contributed by atoms with van der Waals surface area (Å²) in [7, 11) is -3.87. The maximum Gasteiger partial charge on any atom is 0.271 e. The lowest BCUT2D eigenvalue weighted by Crippen LogP contribution is -2.13. The van der Waals surface area contributed by atoms with Crippen molar-refractivity contribution in [3.05, 3.63) is 41.0 Å². The van der Waals surface area contributed by atoms with Crippen molar-refractivity contribution in [3.63, 3.8) is 0 Å². The van der Waals surface area contributed by atoms with E-state index < -0.39 is 15.8 Å². The SMILES string of the molecule is N#Cc1c(F)cccc1NS(=O)(=O)c1cc(N)cs1. The van der Waals surface area contributed by atoms with Crippen molar-refractivity contribution in [1.82, 2.24) is 0 Å². The number of nitrogens with one attached hydrogen (secondary N) is 1. The van der Waals surface area contributed by atoms with Crippen molar-refractivity contribution in [2.75, 3.05) is 10.5 Å². The maximum atomic E-state index is 13.4. The summed E-state index contributed by atoms with van der Waals surface area (Å²) in [5.41, 5.74) is 5.33. The van der Waals surface area contributed by atoms with E-state index in [1.54, 1.807) is 6.07 Å². The van der Waals surface area contributed by atoms with E-state index in [0.29, 0.717) is 5.69 Å². The third kappa shape index (κ3) is 2.67. The summed E-state index contributed by atoms with van der Waals surface area (Å²) in [6.45, 7) is 0. The molecule has 3 N–H and O–H groups in total. The van der Waals surface area contributed by atoms with Gasteiger partial charge in [-0.3, -0.25) is 4.72 Å². The summed E-state index contributed by atoms with van der Waals surface area (Å²) < 4.78 is 39.5. The van der Waals surface area contributed by atoms with E-state index in [9.17, 15) is 12.8 Å². The Bertz CT molecular complexity index is 762. The molecule has 0 bridgehead atoms. The van der Waals surface area contributed by atoms with Gasteiger partial charge < -0.3 is 5.73 Å². The van der Waals surface area contributed by atoms with Gasteiger partial charge in [0.2, 0.25) is 0 Å². The van der Waals surface area contributed by atoms with Gasteiger partial charge in [0.05, 0.1) is 5.69 Å². The highest BCUT2D eigenvalue weighted by molar-refractivity contribution is 7.94. The molecule has 1 heterocycles. The Morgan fingerprint density at radius 2 is 2.16 bits per heavy atom. The summed E-state index contributed by atoms with van der Waals surface area (Å²) in [5, 5.41) is 10.3. The highest BCUT2D eigenvalue weighted by Crippen LogP contribution is 2.26. The minimum atomic E-state index is -3.87. The lowest BCUT2D eigenvalue weighted by Gasteiger charge is -2.08. The molecule has 1 aromatic carbocycles. The molecule has 0 saturated heterocycles. The Balaban J connectivity index is 2.42. The highest BCUT2D eigenvalue weighted by Gasteiger charge is 2.19. The number of halogens is 1.